The monoisotopic (exact) mass is 641 g/mol. The van der Waals surface area contributed by atoms with Crippen molar-refractivity contribution in [3.05, 3.63) is 95.2 Å². The van der Waals surface area contributed by atoms with Gasteiger partial charge in [0.25, 0.3) is 5.91 Å². The molecule has 0 aromatic heterocycles. The second-order valence-corrected chi connectivity index (χ2v) is 11.4. The largest absolute Gasteiger partial charge is 0.486 e. The summed E-state index contributed by atoms with van der Waals surface area (Å²) in [5, 5.41) is 1.12. The maximum Gasteiger partial charge on any atom is 0.270 e. The molecule has 0 saturated carbocycles. The first-order valence-corrected chi connectivity index (χ1v) is 13.2. The van der Waals surface area contributed by atoms with E-state index in [4.69, 9.17) is 40.2 Å². The van der Waals surface area contributed by atoms with Crippen LogP contribution in [-0.4, -0.2) is 10.2 Å². The average molecular weight is 644 g/mol. The Morgan fingerprint density at radius 3 is 2.45 bits per heavy atom. The number of rotatable bonds is 5. The van der Waals surface area contributed by atoms with Gasteiger partial charge in [-0.05, 0) is 86.3 Å². The van der Waals surface area contributed by atoms with Crippen molar-refractivity contribution in [1.29, 1.82) is 0 Å². The van der Waals surface area contributed by atoms with Gasteiger partial charge in [-0.3, -0.25) is 9.69 Å². The molecule has 3 aromatic rings. The molecule has 1 aliphatic heterocycles. The minimum Gasteiger partial charge on any atom is -0.486 e. The minimum absolute atomic E-state index is 0.135. The number of amides is 1. The lowest BCUT2D eigenvalue weighted by molar-refractivity contribution is -0.113. The van der Waals surface area contributed by atoms with Crippen LogP contribution < -0.4 is 9.64 Å². The van der Waals surface area contributed by atoms with E-state index in [1.807, 2.05) is 55.5 Å². The van der Waals surface area contributed by atoms with Crippen LogP contribution in [0.2, 0.25) is 10.0 Å². The van der Waals surface area contributed by atoms with Crippen LogP contribution in [0.4, 0.5) is 5.69 Å². The van der Waals surface area contributed by atoms with E-state index in [0.29, 0.717) is 25.0 Å². The summed E-state index contributed by atoms with van der Waals surface area (Å²) in [6.45, 7) is 2.24. The normalized spacial score (nSPS) is 14.9. The van der Waals surface area contributed by atoms with Gasteiger partial charge in [0.2, 0.25) is 0 Å². The SMILES string of the molecule is Cc1ccccc1N1C(=O)/C(=C\c2cc(Br)c(OCc3ccc(Cl)cc3Cl)c(Br)c2)SC1=S. The molecule has 4 rings (SSSR count). The summed E-state index contributed by atoms with van der Waals surface area (Å²) < 4.78 is 7.97. The van der Waals surface area contributed by atoms with E-state index in [1.165, 1.54) is 11.8 Å². The Kier molecular flexibility index (Phi) is 7.88. The van der Waals surface area contributed by atoms with Crippen LogP contribution >= 0.6 is 79.0 Å². The molecule has 9 heteroatoms. The molecule has 1 fully saturated rings. The maximum absolute atomic E-state index is 13.1. The highest BCUT2D eigenvalue weighted by Gasteiger charge is 2.34. The van der Waals surface area contributed by atoms with Gasteiger partial charge >= 0.3 is 0 Å². The van der Waals surface area contributed by atoms with Gasteiger partial charge < -0.3 is 4.74 Å². The number of aryl methyl sites for hydroxylation is 1. The molecule has 1 amide bonds. The topological polar surface area (TPSA) is 29.5 Å². The van der Waals surface area contributed by atoms with E-state index in [1.54, 1.807) is 17.0 Å². The van der Waals surface area contributed by atoms with Crippen molar-refractivity contribution < 1.29 is 9.53 Å². The van der Waals surface area contributed by atoms with Gasteiger partial charge in [0.15, 0.2) is 4.32 Å². The van der Waals surface area contributed by atoms with Crippen molar-refractivity contribution in [2.75, 3.05) is 4.90 Å². The Hall–Kier alpha value is -1.35. The summed E-state index contributed by atoms with van der Waals surface area (Å²) in [5.74, 6) is 0.495. The Labute approximate surface area is 228 Å². The lowest BCUT2D eigenvalue weighted by Gasteiger charge is -2.16. The van der Waals surface area contributed by atoms with Crippen LogP contribution in [0.25, 0.3) is 6.08 Å². The van der Waals surface area contributed by atoms with E-state index >= 15 is 0 Å². The van der Waals surface area contributed by atoms with Gasteiger partial charge in [-0.2, -0.15) is 0 Å². The molecule has 0 atom stereocenters. The first-order valence-electron chi connectivity index (χ1n) is 9.64. The fraction of sp³-hybridized carbons (Fsp3) is 0.0833. The maximum atomic E-state index is 13.1. The number of ether oxygens (including phenoxy) is 1. The smallest absolute Gasteiger partial charge is 0.270 e. The molecule has 0 spiro atoms. The molecule has 33 heavy (non-hydrogen) atoms. The Morgan fingerprint density at radius 1 is 1.09 bits per heavy atom. The number of nitrogens with zero attached hydrogens (tertiary/aromatic N) is 1. The summed E-state index contributed by atoms with van der Waals surface area (Å²) in [5.41, 5.74) is 3.44. The zero-order chi connectivity index (χ0) is 23.7. The Bertz CT molecular complexity index is 1290. The molecule has 0 bridgehead atoms. The number of carbonyl (C=O) groups is 1. The molecule has 0 radical (unpaired) electrons. The fourth-order valence-electron chi connectivity index (χ4n) is 3.23. The quantitative estimate of drug-likeness (QED) is 0.205. The molecule has 0 aliphatic carbocycles. The van der Waals surface area contributed by atoms with Gasteiger partial charge in [-0.15, -0.1) is 0 Å². The number of benzene rings is 3. The zero-order valence-electron chi connectivity index (χ0n) is 17.1. The number of para-hydroxylation sites is 1. The molecule has 1 saturated heterocycles. The summed E-state index contributed by atoms with van der Waals surface area (Å²) in [7, 11) is 0. The van der Waals surface area contributed by atoms with Crippen LogP contribution in [0, 0.1) is 6.92 Å². The summed E-state index contributed by atoms with van der Waals surface area (Å²) in [6, 6.07) is 16.8. The average Bonchev–Trinajstić information content (AvgIpc) is 3.02. The molecule has 168 valence electrons. The van der Waals surface area contributed by atoms with Crippen molar-refractivity contribution in [3.8, 4) is 5.75 Å². The number of hydrogen-bond donors (Lipinski definition) is 0. The van der Waals surface area contributed by atoms with Crippen molar-refractivity contribution >= 4 is 101 Å². The number of thiocarbonyl (C=S) groups is 1. The lowest BCUT2D eigenvalue weighted by Crippen LogP contribution is -2.28. The molecule has 1 heterocycles. The zero-order valence-corrected chi connectivity index (χ0v) is 23.4. The lowest BCUT2D eigenvalue weighted by atomic mass is 10.1. The number of anilines is 1. The van der Waals surface area contributed by atoms with Gasteiger partial charge in [0.05, 0.1) is 19.5 Å². The summed E-state index contributed by atoms with van der Waals surface area (Å²) >= 11 is 26.1. The highest BCUT2D eigenvalue weighted by atomic mass is 79.9. The molecule has 0 N–H and O–H groups in total. The van der Waals surface area contributed by atoms with Gasteiger partial charge in [0, 0.05) is 15.6 Å². The van der Waals surface area contributed by atoms with E-state index in [-0.39, 0.29) is 12.5 Å². The summed E-state index contributed by atoms with van der Waals surface area (Å²) in [4.78, 5) is 15.2. The van der Waals surface area contributed by atoms with Gasteiger partial charge in [0.1, 0.15) is 12.4 Å². The third-order valence-corrected chi connectivity index (χ3v) is 7.92. The van der Waals surface area contributed by atoms with E-state index in [2.05, 4.69) is 31.9 Å². The van der Waals surface area contributed by atoms with Crippen molar-refractivity contribution in [3.63, 3.8) is 0 Å². The first kappa shape index (κ1) is 24.8. The predicted molar refractivity (Wildman–Crippen MR) is 149 cm³/mol. The third-order valence-electron chi connectivity index (χ3n) is 4.86. The first-order chi connectivity index (χ1) is 15.7. The summed E-state index contributed by atoms with van der Waals surface area (Å²) in [6.07, 6.45) is 1.83. The molecule has 3 nitrogen and oxygen atoms in total. The van der Waals surface area contributed by atoms with Crippen molar-refractivity contribution in [2.45, 2.75) is 13.5 Å². The third kappa shape index (κ3) is 5.50. The molecular formula is C24H15Br2Cl2NO2S2. The van der Waals surface area contributed by atoms with Crippen molar-refractivity contribution in [2.24, 2.45) is 0 Å². The molecule has 0 unspecified atom stereocenters. The van der Waals surface area contributed by atoms with E-state index in [9.17, 15) is 4.79 Å². The number of thioether (sulfide) groups is 1. The molecule has 1 aliphatic rings. The van der Waals surface area contributed by atoms with Crippen LogP contribution in [0.3, 0.4) is 0 Å². The van der Waals surface area contributed by atoms with Gasteiger partial charge in [-0.1, -0.05) is 71.4 Å². The Balaban J connectivity index is 1.56. The number of halogens is 4. The van der Waals surface area contributed by atoms with Crippen LogP contribution in [-0.2, 0) is 11.4 Å². The number of hydrogen-bond acceptors (Lipinski definition) is 4. The van der Waals surface area contributed by atoms with Gasteiger partial charge in [-0.25, -0.2) is 0 Å². The predicted octanol–water partition coefficient (Wildman–Crippen LogP) is 8.81. The minimum atomic E-state index is -0.135. The van der Waals surface area contributed by atoms with Crippen LogP contribution in [0.1, 0.15) is 16.7 Å². The highest BCUT2D eigenvalue weighted by molar-refractivity contribution is 9.11. The fourth-order valence-corrected chi connectivity index (χ4v) is 6.43. The highest BCUT2D eigenvalue weighted by Crippen LogP contribution is 2.40. The van der Waals surface area contributed by atoms with Crippen LogP contribution in [0.5, 0.6) is 5.75 Å². The van der Waals surface area contributed by atoms with E-state index < -0.39 is 0 Å². The Morgan fingerprint density at radius 2 is 1.79 bits per heavy atom. The standard InChI is InChI=1S/C24H15Br2Cl2NO2S2/c1-13-4-2-3-5-20(13)29-23(30)21(33-24(29)32)10-14-8-17(25)22(18(26)9-14)31-12-15-6-7-16(27)11-19(15)28/h2-11H,12H2,1H3/b21-10+. The molecular weight excluding hydrogens is 629 g/mol. The second-order valence-electron chi connectivity index (χ2n) is 7.14. The van der Waals surface area contributed by atoms with Crippen molar-refractivity contribution in [1.82, 2.24) is 0 Å². The van der Waals surface area contributed by atoms with Crippen LogP contribution in [0.15, 0.2) is 68.4 Å². The van der Waals surface area contributed by atoms with E-state index in [0.717, 1.165) is 31.3 Å². The molecule has 3 aromatic carbocycles. The second kappa shape index (κ2) is 10.5. The number of carbonyl (C=O) groups excluding carboxylic acids is 1.